The molecule has 2 atom stereocenters. The first kappa shape index (κ1) is 16.4. The Morgan fingerprint density at radius 2 is 2.21 bits per heavy atom. The molecule has 19 heavy (non-hydrogen) atoms. The van der Waals surface area contributed by atoms with Crippen LogP contribution in [0.25, 0.3) is 0 Å². The molecule has 1 saturated heterocycles. The summed E-state index contributed by atoms with van der Waals surface area (Å²) < 4.78 is 5.30. The summed E-state index contributed by atoms with van der Waals surface area (Å²) in [5.74, 6) is 0.0649. The fraction of sp³-hybridized carbons (Fsp3) is 0.929. The van der Waals surface area contributed by atoms with E-state index in [1.165, 1.54) is 0 Å². The van der Waals surface area contributed by atoms with Crippen molar-refractivity contribution >= 4 is 5.91 Å². The lowest BCUT2D eigenvalue weighted by atomic mass is 10.1. The SMILES string of the molecule is CCN(CC)CCCC(C)NC(=O)C1COCCN1. The zero-order valence-electron chi connectivity index (χ0n) is 12.6. The monoisotopic (exact) mass is 271 g/mol. The molecule has 0 bridgehead atoms. The van der Waals surface area contributed by atoms with Gasteiger partial charge in [0.25, 0.3) is 0 Å². The normalized spacial score (nSPS) is 21.4. The van der Waals surface area contributed by atoms with Gasteiger partial charge in [-0.25, -0.2) is 0 Å². The molecule has 0 aromatic rings. The number of hydrogen-bond acceptors (Lipinski definition) is 4. The van der Waals surface area contributed by atoms with Crippen LogP contribution in [0.5, 0.6) is 0 Å². The van der Waals surface area contributed by atoms with Crippen LogP contribution in [0, 0.1) is 0 Å². The highest BCUT2D eigenvalue weighted by Crippen LogP contribution is 2.01. The lowest BCUT2D eigenvalue weighted by molar-refractivity contribution is -0.126. The van der Waals surface area contributed by atoms with Crippen LogP contribution < -0.4 is 10.6 Å². The second kappa shape index (κ2) is 9.28. The van der Waals surface area contributed by atoms with Crippen molar-refractivity contribution in [3.8, 4) is 0 Å². The maximum atomic E-state index is 12.0. The predicted molar refractivity (Wildman–Crippen MR) is 77.2 cm³/mol. The Morgan fingerprint density at radius 3 is 2.79 bits per heavy atom. The molecular formula is C14H29N3O2. The Morgan fingerprint density at radius 1 is 1.47 bits per heavy atom. The summed E-state index contributed by atoms with van der Waals surface area (Å²) in [6.07, 6.45) is 2.15. The van der Waals surface area contributed by atoms with Gasteiger partial charge in [0.05, 0.1) is 13.2 Å². The van der Waals surface area contributed by atoms with Crippen LogP contribution in [0.4, 0.5) is 0 Å². The average molecular weight is 271 g/mol. The maximum Gasteiger partial charge on any atom is 0.239 e. The average Bonchev–Trinajstić information content (AvgIpc) is 2.44. The van der Waals surface area contributed by atoms with Gasteiger partial charge in [-0.2, -0.15) is 0 Å². The number of ether oxygens (including phenoxy) is 1. The van der Waals surface area contributed by atoms with E-state index in [0.29, 0.717) is 13.2 Å². The molecule has 0 spiro atoms. The Balaban J connectivity index is 2.15. The van der Waals surface area contributed by atoms with Crippen molar-refractivity contribution in [3.63, 3.8) is 0 Å². The topological polar surface area (TPSA) is 53.6 Å². The summed E-state index contributed by atoms with van der Waals surface area (Å²) in [5.41, 5.74) is 0. The fourth-order valence-electron chi connectivity index (χ4n) is 2.31. The van der Waals surface area contributed by atoms with Gasteiger partial charge in [-0.3, -0.25) is 4.79 Å². The van der Waals surface area contributed by atoms with Crippen molar-refractivity contribution in [2.24, 2.45) is 0 Å². The van der Waals surface area contributed by atoms with E-state index in [-0.39, 0.29) is 18.0 Å². The number of rotatable bonds is 8. The van der Waals surface area contributed by atoms with Crippen molar-refractivity contribution in [3.05, 3.63) is 0 Å². The summed E-state index contributed by atoms with van der Waals surface area (Å²) in [6, 6.07) is 0.0470. The summed E-state index contributed by atoms with van der Waals surface area (Å²) in [6.45, 7) is 11.7. The number of carbonyl (C=O) groups is 1. The van der Waals surface area contributed by atoms with Crippen molar-refractivity contribution in [2.75, 3.05) is 39.4 Å². The Labute approximate surface area is 117 Å². The molecule has 1 rings (SSSR count). The highest BCUT2D eigenvalue weighted by Gasteiger charge is 2.22. The van der Waals surface area contributed by atoms with Gasteiger partial charge in [0.15, 0.2) is 0 Å². The third-order valence-corrected chi connectivity index (χ3v) is 3.63. The highest BCUT2D eigenvalue weighted by atomic mass is 16.5. The van der Waals surface area contributed by atoms with Crippen LogP contribution in [0.15, 0.2) is 0 Å². The van der Waals surface area contributed by atoms with E-state index < -0.39 is 0 Å². The van der Waals surface area contributed by atoms with Crippen LogP contribution in [-0.4, -0.2) is 62.3 Å². The van der Waals surface area contributed by atoms with Crippen molar-refractivity contribution in [1.29, 1.82) is 0 Å². The third kappa shape index (κ3) is 6.36. The summed E-state index contributed by atoms with van der Waals surface area (Å²) in [7, 11) is 0. The van der Waals surface area contributed by atoms with Crippen molar-refractivity contribution < 1.29 is 9.53 Å². The first-order chi connectivity index (χ1) is 9.17. The van der Waals surface area contributed by atoms with Gasteiger partial charge >= 0.3 is 0 Å². The first-order valence-electron chi connectivity index (χ1n) is 7.51. The minimum absolute atomic E-state index is 0.0649. The largest absolute Gasteiger partial charge is 0.378 e. The minimum atomic E-state index is -0.181. The molecule has 5 heteroatoms. The Hall–Kier alpha value is -0.650. The van der Waals surface area contributed by atoms with Crippen LogP contribution >= 0.6 is 0 Å². The smallest absolute Gasteiger partial charge is 0.239 e. The van der Waals surface area contributed by atoms with E-state index in [0.717, 1.165) is 39.0 Å². The van der Waals surface area contributed by atoms with Crippen molar-refractivity contribution in [2.45, 2.75) is 45.7 Å². The van der Waals surface area contributed by atoms with Gasteiger partial charge in [0.1, 0.15) is 6.04 Å². The molecule has 5 nitrogen and oxygen atoms in total. The van der Waals surface area contributed by atoms with Gasteiger partial charge in [-0.1, -0.05) is 13.8 Å². The van der Waals surface area contributed by atoms with E-state index in [1.807, 2.05) is 0 Å². The maximum absolute atomic E-state index is 12.0. The van der Waals surface area contributed by atoms with E-state index in [1.54, 1.807) is 0 Å². The second-order valence-electron chi connectivity index (χ2n) is 5.16. The van der Waals surface area contributed by atoms with E-state index in [9.17, 15) is 4.79 Å². The lowest BCUT2D eigenvalue weighted by Gasteiger charge is -2.25. The molecule has 0 radical (unpaired) electrons. The second-order valence-corrected chi connectivity index (χ2v) is 5.16. The number of carbonyl (C=O) groups excluding carboxylic acids is 1. The molecular weight excluding hydrogens is 242 g/mol. The summed E-state index contributed by atoms with van der Waals surface area (Å²) >= 11 is 0. The first-order valence-corrected chi connectivity index (χ1v) is 7.51. The van der Waals surface area contributed by atoms with Crippen LogP contribution in [0.2, 0.25) is 0 Å². The van der Waals surface area contributed by atoms with Gasteiger partial charge in [-0.05, 0) is 39.4 Å². The standard InChI is InChI=1S/C14H29N3O2/c1-4-17(5-2)9-6-7-12(3)16-14(18)13-11-19-10-8-15-13/h12-13,15H,4-11H2,1-3H3,(H,16,18). The molecule has 2 unspecified atom stereocenters. The molecule has 1 amide bonds. The van der Waals surface area contributed by atoms with Gasteiger partial charge in [-0.15, -0.1) is 0 Å². The quantitative estimate of drug-likeness (QED) is 0.679. The van der Waals surface area contributed by atoms with Gasteiger partial charge in [0.2, 0.25) is 5.91 Å². The van der Waals surface area contributed by atoms with Crippen LogP contribution in [0.1, 0.15) is 33.6 Å². The zero-order chi connectivity index (χ0) is 14.1. The fourth-order valence-corrected chi connectivity index (χ4v) is 2.31. The molecule has 0 aliphatic carbocycles. The summed E-state index contributed by atoms with van der Waals surface area (Å²) in [4.78, 5) is 14.4. The van der Waals surface area contributed by atoms with Gasteiger partial charge < -0.3 is 20.3 Å². The highest BCUT2D eigenvalue weighted by molar-refractivity contribution is 5.82. The number of nitrogens with zero attached hydrogens (tertiary/aromatic N) is 1. The van der Waals surface area contributed by atoms with E-state index >= 15 is 0 Å². The third-order valence-electron chi connectivity index (χ3n) is 3.63. The number of morpholine rings is 1. The number of hydrogen-bond donors (Lipinski definition) is 2. The molecule has 1 aliphatic rings. The molecule has 0 aromatic carbocycles. The lowest BCUT2D eigenvalue weighted by Crippen LogP contribution is -2.52. The van der Waals surface area contributed by atoms with Gasteiger partial charge in [0, 0.05) is 12.6 Å². The molecule has 1 fully saturated rings. The molecule has 1 heterocycles. The van der Waals surface area contributed by atoms with Crippen molar-refractivity contribution in [1.82, 2.24) is 15.5 Å². The summed E-state index contributed by atoms with van der Waals surface area (Å²) in [5, 5.41) is 6.23. The number of amides is 1. The van der Waals surface area contributed by atoms with Crippen LogP contribution in [-0.2, 0) is 9.53 Å². The predicted octanol–water partition coefficient (Wildman–Crippen LogP) is 0.602. The molecule has 1 aliphatic heterocycles. The molecule has 0 aromatic heterocycles. The van der Waals surface area contributed by atoms with Crippen LogP contribution in [0.3, 0.4) is 0 Å². The molecule has 112 valence electrons. The Kier molecular flexibility index (Phi) is 8.02. The molecule has 0 saturated carbocycles. The number of nitrogens with one attached hydrogen (secondary N) is 2. The molecule has 2 N–H and O–H groups in total. The zero-order valence-corrected chi connectivity index (χ0v) is 12.6. The van der Waals surface area contributed by atoms with E-state index in [4.69, 9.17) is 4.74 Å². The Bertz CT molecular complexity index is 251. The van der Waals surface area contributed by atoms with E-state index in [2.05, 4.69) is 36.3 Å². The minimum Gasteiger partial charge on any atom is -0.378 e.